The van der Waals surface area contributed by atoms with Crippen molar-refractivity contribution in [3.05, 3.63) is 58.5 Å². The molecular weight excluding hydrogens is 268 g/mol. The molecule has 1 atom stereocenters. The highest BCUT2D eigenvalue weighted by Gasteiger charge is 2.12. The second-order valence-electron chi connectivity index (χ2n) is 3.77. The van der Waals surface area contributed by atoms with Gasteiger partial charge in [0.15, 0.2) is 0 Å². The average Bonchev–Trinajstić information content (AvgIpc) is 2.78. The molecule has 3 heteroatoms. The molecule has 2 aromatic rings. The van der Waals surface area contributed by atoms with E-state index < -0.39 is 0 Å². The van der Waals surface area contributed by atoms with Crippen molar-refractivity contribution in [1.29, 1.82) is 0 Å². The number of hydrogen-bond donors (Lipinski definition) is 1. The summed E-state index contributed by atoms with van der Waals surface area (Å²) in [6.45, 7) is 0.141. The van der Waals surface area contributed by atoms with E-state index in [1.807, 2.05) is 30.3 Å². The smallest absolute Gasteiger partial charge is 0.0934 e. The van der Waals surface area contributed by atoms with Crippen molar-refractivity contribution in [1.82, 2.24) is 0 Å². The lowest BCUT2D eigenvalue weighted by Gasteiger charge is -2.13. The van der Waals surface area contributed by atoms with Crippen LogP contribution >= 0.6 is 15.9 Å². The summed E-state index contributed by atoms with van der Waals surface area (Å²) in [6.07, 6.45) is 4.18. The maximum Gasteiger partial charge on any atom is 0.0934 e. The van der Waals surface area contributed by atoms with Gasteiger partial charge >= 0.3 is 0 Å². The summed E-state index contributed by atoms with van der Waals surface area (Å²) in [5.41, 5.74) is 2.25. The Morgan fingerprint density at radius 2 is 2.19 bits per heavy atom. The minimum atomic E-state index is 0.120. The Bertz CT molecular complexity index is 437. The van der Waals surface area contributed by atoms with Gasteiger partial charge in [-0.1, -0.05) is 28.1 Å². The van der Waals surface area contributed by atoms with Gasteiger partial charge in [-0.25, -0.2) is 0 Å². The van der Waals surface area contributed by atoms with Crippen LogP contribution < -0.4 is 0 Å². The number of aliphatic hydroxyl groups excluding tert-OH is 1. The summed E-state index contributed by atoms with van der Waals surface area (Å²) in [5.74, 6) is 0.120. The summed E-state index contributed by atoms with van der Waals surface area (Å²) < 4.78 is 6.07. The van der Waals surface area contributed by atoms with Gasteiger partial charge in [-0.15, -0.1) is 0 Å². The van der Waals surface area contributed by atoms with Gasteiger partial charge in [-0.2, -0.15) is 0 Å². The van der Waals surface area contributed by atoms with Crippen LogP contribution in [0.25, 0.3) is 0 Å². The molecule has 1 aromatic heterocycles. The predicted octanol–water partition coefficient (Wildman–Crippen LogP) is 3.36. The van der Waals surface area contributed by atoms with Gasteiger partial charge in [-0.3, -0.25) is 0 Å². The molecule has 0 saturated heterocycles. The van der Waals surface area contributed by atoms with E-state index >= 15 is 0 Å². The number of hydrogen-bond acceptors (Lipinski definition) is 2. The minimum absolute atomic E-state index is 0.120. The molecule has 1 unspecified atom stereocenters. The first-order chi connectivity index (χ1) is 7.79. The molecule has 16 heavy (non-hydrogen) atoms. The van der Waals surface area contributed by atoms with Crippen LogP contribution in [0.2, 0.25) is 0 Å². The normalized spacial score (nSPS) is 12.6. The van der Waals surface area contributed by atoms with E-state index in [1.165, 1.54) is 0 Å². The molecule has 0 fully saturated rings. The zero-order valence-corrected chi connectivity index (χ0v) is 10.4. The average molecular weight is 281 g/mol. The molecule has 1 heterocycles. The van der Waals surface area contributed by atoms with Crippen molar-refractivity contribution in [3.63, 3.8) is 0 Å². The third-order valence-electron chi connectivity index (χ3n) is 2.60. The lowest BCUT2D eigenvalue weighted by Crippen LogP contribution is -2.07. The predicted molar refractivity (Wildman–Crippen MR) is 66.4 cm³/mol. The summed E-state index contributed by atoms with van der Waals surface area (Å²) in [7, 11) is 0. The van der Waals surface area contributed by atoms with Crippen molar-refractivity contribution >= 4 is 15.9 Å². The number of aliphatic hydroxyl groups is 1. The fourth-order valence-electron chi connectivity index (χ4n) is 1.74. The van der Waals surface area contributed by atoms with Crippen molar-refractivity contribution in [2.45, 2.75) is 12.3 Å². The van der Waals surface area contributed by atoms with Gasteiger partial charge in [0.1, 0.15) is 0 Å². The Morgan fingerprint density at radius 1 is 1.31 bits per heavy atom. The van der Waals surface area contributed by atoms with Crippen LogP contribution in [0, 0.1) is 0 Å². The van der Waals surface area contributed by atoms with Gasteiger partial charge in [0.2, 0.25) is 0 Å². The standard InChI is InChI=1S/C13H13BrO2/c14-13-3-1-2-11(7-13)12(8-15)6-10-4-5-16-9-10/h1-5,7,9,12,15H,6,8H2. The number of rotatable bonds is 4. The van der Waals surface area contributed by atoms with Crippen LogP contribution in [0.15, 0.2) is 51.7 Å². The Kier molecular flexibility index (Phi) is 3.80. The molecule has 0 radical (unpaired) electrons. The Balaban J connectivity index is 2.16. The molecule has 0 bridgehead atoms. The van der Waals surface area contributed by atoms with Gasteiger partial charge in [0.25, 0.3) is 0 Å². The third-order valence-corrected chi connectivity index (χ3v) is 3.10. The van der Waals surface area contributed by atoms with Crippen LogP contribution in [0.1, 0.15) is 17.0 Å². The van der Waals surface area contributed by atoms with Crippen LogP contribution in [-0.4, -0.2) is 11.7 Å². The number of furan rings is 1. The second-order valence-corrected chi connectivity index (χ2v) is 4.69. The van der Waals surface area contributed by atoms with Crippen molar-refractivity contribution < 1.29 is 9.52 Å². The third kappa shape index (κ3) is 2.74. The highest BCUT2D eigenvalue weighted by atomic mass is 79.9. The van der Waals surface area contributed by atoms with Gasteiger partial charge in [0, 0.05) is 10.4 Å². The lowest BCUT2D eigenvalue weighted by atomic mass is 9.94. The molecule has 0 spiro atoms. The summed E-state index contributed by atoms with van der Waals surface area (Å²) in [5, 5.41) is 9.42. The zero-order chi connectivity index (χ0) is 11.4. The molecule has 0 saturated carbocycles. The Morgan fingerprint density at radius 3 is 2.81 bits per heavy atom. The SMILES string of the molecule is OCC(Cc1ccoc1)c1cccc(Br)c1. The first-order valence-corrected chi connectivity index (χ1v) is 5.96. The van der Waals surface area contributed by atoms with Crippen molar-refractivity contribution in [2.75, 3.05) is 6.61 Å². The van der Waals surface area contributed by atoms with E-state index in [0.717, 1.165) is 22.0 Å². The van der Waals surface area contributed by atoms with Crippen molar-refractivity contribution in [3.8, 4) is 0 Å². The maximum absolute atomic E-state index is 9.42. The molecule has 1 aromatic carbocycles. The summed E-state index contributed by atoms with van der Waals surface area (Å²) in [4.78, 5) is 0. The maximum atomic E-state index is 9.42. The number of halogens is 1. The van der Waals surface area contributed by atoms with E-state index in [9.17, 15) is 5.11 Å². The number of benzene rings is 1. The zero-order valence-electron chi connectivity index (χ0n) is 8.77. The molecule has 1 N–H and O–H groups in total. The lowest BCUT2D eigenvalue weighted by molar-refractivity contribution is 0.264. The molecule has 0 amide bonds. The van der Waals surface area contributed by atoms with E-state index in [1.54, 1.807) is 12.5 Å². The Hall–Kier alpha value is -1.06. The quantitative estimate of drug-likeness (QED) is 0.932. The first kappa shape index (κ1) is 11.4. The summed E-state index contributed by atoms with van der Waals surface area (Å²) in [6, 6.07) is 9.97. The van der Waals surface area contributed by atoms with E-state index in [-0.39, 0.29) is 12.5 Å². The van der Waals surface area contributed by atoms with E-state index in [0.29, 0.717) is 0 Å². The fraction of sp³-hybridized carbons (Fsp3) is 0.231. The highest BCUT2D eigenvalue weighted by Crippen LogP contribution is 2.23. The fourth-order valence-corrected chi connectivity index (χ4v) is 2.16. The molecule has 84 valence electrons. The van der Waals surface area contributed by atoms with Crippen LogP contribution in [0.5, 0.6) is 0 Å². The largest absolute Gasteiger partial charge is 0.472 e. The molecule has 0 aliphatic heterocycles. The molecular formula is C13H13BrO2. The van der Waals surface area contributed by atoms with Crippen molar-refractivity contribution in [2.24, 2.45) is 0 Å². The van der Waals surface area contributed by atoms with Crippen LogP contribution in [0.3, 0.4) is 0 Å². The molecule has 0 aliphatic rings. The molecule has 2 rings (SSSR count). The van der Waals surface area contributed by atoms with Crippen LogP contribution in [0.4, 0.5) is 0 Å². The molecule has 0 aliphatic carbocycles. The summed E-state index contributed by atoms with van der Waals surface area (Å²) >= 11 is 3.44. The van der Waals surface area contributed by atoms with Gasteiger partial charge in [-0.05, 0) is 35.7 Å². The van der Waals surface area contributed by atoms with Gasteiger partial charge < -0.3 is 9.52 Å². The van der Waals surface area contributed by atoms with E-state index in [2.05, 4.69) is 15.9 Å². The van der Waals surface area contributed by atoms with Crippen LogP contribution in [-0.2, 0) is 6.42 Å². The second kappa shape index (κ2) is 5.32. The first-order valence-electron chi connectivity index (χ1n) is 5.17. The monoisotopic (exact) mass is 280 g/mol. The van der Waals surface area contributed by atoms with Gasteiger partial charge in [0.05, 0.1) is 19.1 Å². The topological polar surface area (TPSA) is 33.4 Å². The molecule has 2 nitrogen and oxygen atoms in total. The minimum Gasteiger partial charge on any atom is -0.472 e. The Labute approximate surface area is 103 Å². The highest BCUT2D eigenvalue weighted by molar-refractivity contribution is 9.10. The van der Waals surface area contributed by atoms with E-state index in [4.69, 9.17) is 4.42 Å².